The lowest BCUT2D eigenvalue weighted by Crippen LogP contribution is -2.17. The highest BCUT2D eigenvalue weighted by Crippen LogP contribution is 1.98. The highest BCUT2D eigenvalue weighted by atomic mass is 15.4. The van der Waals surface area contributed by atoms with Crippen LogP contribution < -0.4 is 5.32 Å². The molecule has 0 saturated carbocycles. The Morgan fingerprint density at radius 1 is 0.870 bits per heavy atom. The standard InChI is InChI=1S/C13H26N4.3C2H6/c1-3-4-5-6-9-14-10-7-8-11-17-12-13(2)15-16-17;3*1-2/h12,14H,3-11H2,1-2H3;3*1-2H3. The summed E-state index contributed by atoms with van der Waals surface area (Å²) in [4.78, 5) is 0. The molecule has 0 atom stereocenters. The van der Waals surface area contributed by atoms with Gasteiger partial charge in [-0.25, -0.2) is 0 Å². The Bertz CT molecular complexity index is 285. The van der Waals surface area contributed by atoms with Crippen molar-refractivity contribution in [3.05, 3.63) is 11.9 Å². The van der Waals surface area contributed by atoms with E-state index in [1.54, 1.807) is 0 Å². The third-order valence-corrected chi connectivity index (χ3v) is 2.85. The zero-order valence-corrected chi connectivity index (χ0v) is 17.3. The number of aryl methyl sites for hydroxylation is 2. The van der Waals surface area contributed by atoms with E-state index in [0.29, 0.717) is 0 Å². The van der Waals surface area contributed by atoms with E-state index in [2.05, 4.69) is 22.6 Å². The number of unbranched alkanes of at least 4 members (excludes halogenated alkanes) is 4. The minimum Gasteiger partial charge on any atom is -0.317 e. The van der Waals surface area contributed by atoms with Gasteiger partial charge in [0, 0.05) is 12.7 Å². The predicted molar refractivity (Wildman–Crippen MR) is 105 cm³/mol. The molecule has 0 aliphatic carbocycles. The maximum Gasteiger partial charge on any atom is 0.0796 e. The molecule has 0 bridgehead atoms. The van der Waals surface area contributed by atoms with Gasteiger partial charge in [0.05, 0.1) is 5.69 Å². The van der Waals surface area contributed by atoms with E-state index in [0.717, 1.165) is 18.8 Å². The number of nitrogens with one attached hydrogen (secondary N) is 1. The fraction of sp³-hybridized carbons (Fsp3) is 0.895. The molecule has 0 aliphatic heterocycles. The molecule has 1 N–H and O–H groups in total. The Hall–Kier alpha value is -0.900. The number of hydrogen-bond acceptors (Lipinski definition) is 3. The zero-order valence-electron chi connectivity index (χ0n) is 17.3. The molecule has 1 aromatic heterocycles. The number of aromatic nitrogens is 3. The van der Waals surface area contributed by atoms with Gasteiger partial charge in [0.25, 0.3) is 0 Å². The summed E-state index contributed by atoms with van der Waals surface area (Å²) in [5.74, 6) is 0. The summed E-state index contributed by atoms with van der Waals surface area (Å²) in [6, 6.07) is 0. The van der Waals surface area contributed by atoms with Gasteiger partial charge in [-0.1, -0.05) is 72.9 Å². The first kappa shape index (κ1) is 27.0. The van der Waals surface area contributed by atoms with Gasteiger partial charge in [-0.2, -0.15) is 0 Å². The molecule has 0 saturated heterocycles. The maximum atomic E-state index is 4.03. The van der Waals surface area contributed by atoms with Gasteiger partial charge < -0.3 is 5.32 Å². The van der Waals surface area contributed by atoms with Crippen LogP contribution in [0.3, 0.4) is 0 Å². The van der Waals surface area contributed by atoms with Crippen molar-refractivity contribution in [2.75, 3.05) is 13.1 Å². The number of hydrogen-bond donors (Lipinski definition) is 1. The van der Waals surface area contributed by atoms with E-state index < -0.39 is 0 Å². The Labute approximate surface area is 146 Å². The third-order valence-electron chi connectivity index (χ3n) is 2.85. The summed E-state index contributed by atoms with van der Waals surface area (Å²) < 4.78 is 1.93. The summed E-state index contributed by atoms with van der Waals surface area (Å²) in [5, 5.41) is 11.5. The van der Waals surface area contributed by atoms with Crippen LogP contribution in [0.1, 0.15) is 92.7 Å². The van der Waals surface area contributed by atoms with E-state index in [4.69, 9.17) is 0 Å². The van der Waals surface area contributed by atoms with E-state index in [-0.39, 0.29) is 0 Å². The van der Waals surface area contributed by atoms with Gasteiger partial charge in [0.15, 0.2) is 0 Å². The van der Waals surface area contributed by atoms with Gasteiger partial charge >= 0.3 is 0 Å². The summed E-state index contributed by atoms with van der Waals surface area (Å²) in [6.07, 6.45) is 9.75. The van der Waals surface area contributed by atoms with Crippen LogP contribution in [-0.2, 0) is 6.54 Å². The fourth-order valence-electron chi connectivity index (χ4n) is 1.83. The number of rotatable bonds is 10. The summed E-state index contributed by atoms with van der Waals surface area (Å²) >= 11 is 0. The van der Waals surface area contributed by atoms with Crippen LogP contribution in [0.4, 0.5) is 0 Å². The Morgan fingerprint density at radius 2 is 1.43 bits per heavy atom. The van der Waals surface area contributed by atoms with Crippen molar-refractivity contribution in [1.82, 2.24) is 20.3 Å². The Morgan fingerprint density at radius 3 is 1.91 bits per heavy atom. The molecule has 0 amide bonds. The number of nitrogens with zero attached hydrogens (tertiary/aromatic N) is 3. The molecule has 1 aromatic rings. The maximum absolute atomic E-state index is 4.03. The third kappa shape index (κ3) is 21.1. The quantitative estimate of drug-likeness (QED) is 0.567. The van der Waals surface area contributed by atoms with Crippen LogP contribution in [-0.4, -0.2) is 28.1 Å². The van der Waals surface area contributed by atoms with Crippen molar-refractivity contribution in [2.45, 2.75) is 100 Å². The first-order valence-corrected chi connectivity index (χ1v) is 9.90. The first-order chi connectivity index (χ1) is 11.3. The van der Waals surface area contributed by atoms with Crippen molar-refractivity contribution in [3.8, 4) is 0 Å². The van der Waals surface area contributed by atoms with Crippen LogP contribution in [0.25, 0.3) is 0 Å². The smallest absolute Gasteiger partial charge is 0.0796 e. The van der Waals surface area contributed by atoms with Crippen molar-refractivity contribution in [3.63, 3.8) is 0 Å². The zero-order chi connectivity index (χ0) is 18.3. The molecule has 1 rings (SSSR count). The van der Waals surface area contributed by atoms with Gasteiger partial charge in [0.1, 0.15) is 0 Å². The largest absolute Gasteiger partial charge is 0.317 e. The molecule has 23 heavy (non-hydrogen) atoms. The van der Waals surface area contributed by atoms with Crippen LogP contribution in [0, 0.1) is 6.92 Å². The lowest BCUT2D eigenvalue weighted by Gasteiger charge is -2.04. The summed E-state index contributed by atoms with van der Waals surface area (Å²) in [5.41, 5.74) is 0.999. The molecule has 0 aromatic carbocycles. The molecule has 4 heteroatoms. The molecular formula is C19H44N4. The van der Waals surface area contributed by atoms with Gasteiger partial charge in [-0.05, 0) is 39.3 Å². The van der Waals surface area contributed by atoms with Crippen molar-refractivity contribution < 1.29 is 0 Å². The lowest BCUT2D eigenvalue weighted by molar-refractivity contribution is 0.516. The fourth-order valence-corrected chi connectivity index (χ4v) is 1.83. The van der Waals surface area contributed by atoms with Crippen LogP contribution >= 0.6 is 0 Å². The van der Waals surface area contributed by atoms with E-state index in [1.165, 1.54) is 45.1 Å². The molecule has 0 fully saturated rings. The van der Waals surface area contributed by atoms with Gasteiger partial charge in [-0.15, -0.1) is 5.10 Å². The van der Waals surface area contributed by atoms with Crippen LogP contribution in [0.5, 0.6) is 0 Å². The van der Waals surface area contributed by atoms with Crippen LogP contribution in [0.15, 0.2) is 6.20 Å². The average molecular weight is 329 g/mol. The van der Waals surface area contributed by atoms with Gasteiger partial charge in [-0.3, -0.25) is 4.68 Å². The van der Waals surface area contributed by atoms with Crippen molar-refractivity contribution in [1.29, 1.82) is 0 Å². The first-order valence-electron chi connectivity index (χ1n) is 9.90. The average Bonchev–Trinajstić information content (AvgIpc) is 3.04. The van der Waals surface area contributed by atoms with Crippen molar-refractivity contribution >= 4 is 0 Å². The highest BCUT2D eigenvalue weighted by molar-refractivity contribution is 4.86. The Balaban J connectivity index is -0.000000595. The van der Waals surface area contributed by atoms with Crippen molar-refractivity contribution in [2.24, 2.45) is 0 Å². The monoisotopic (exact) mass is 328 g/mol. The molecule has 0 spiro atoms. The Kier molecular flexibility index (Phi) is 30.5. The van der Waals surface area contributed by atoms with E-state index in [9.17, 15) is 0 Å². The summed E-state index contributed by atoms with van der Waals surface area (Å²) in [6.45, 7) is 19.5. The molecular weight excluding hydrogens is 284 g/mol. The summed E-state index contributed by atoms with van der Waals surface area (Å²) in [7, 11) is 0. The molecule has 0 unspecified atom stereocenters. The second-order valence-electron chi connectivity index (χ2n) is 4.64. The second kappa shape index (κ2) is 26.0. The molecule has 0 aliphatic rings. The van der Waals surface area contributed by atoms with Crippen LogP contribution in [0.2, 0.25) is 0 Å². The molecule has 0 radical (unpaired) electrons. The SMILES string of the molecule is CC.CC.CC.CCCCCCNCCCCn1cc(C)nn1. The predicted octanol–water partition coefficient (Wildman–Crippen LogP) is 5.62. The normalized spacial score (nSPS) is 8.87. The molecule has 4 nitrogen and oxygen atoms in total. The van der Waals surface area contributed by atoms with E-state index >= 15 is 0 Å². The molecule has 140 valence electrons. The van der Waals surface area contributed by atoms with E-state index in [1.807, 2.05) is 59.3 Å². The second-order valence-corrected chi connectivity index (χ2v) is 4.64. The molecule has 1 heterocycles. The minimum atomic E-state index is 0.984. The minimum absolute atomic E-state index is 0.984. The highest BCUT2D eigenvalue weighted by Gasteiger charge is 1.95. The lowest BCUT2D eigenvalue weighted by atomic mass is 10.2. The van der Waals surface area contributed by atoms with Gasteiger partial charge in [0.2, 0.25) is 0 Å². The topological polar surface area (TPSA) is 42.7 Å².